The number of thiazole rings is 1. The van der Waals surface area contributed by atoms with Crippen LogP contribution in [-0.4, -0.2) is 28.1 Å². The van der Waals surface area contributed by atoms with Crippen molar-refractivity contribution < 1.29 is 9.90 Å². The smallest absolute Gasteiger partial charge is 0.326 e. The van der Waals surface area contributed by atoms with Crippen LogP contribution in [0.1, 0.15) is 19.8 Å². The third-order valence-electron chi connectivity index (χ3n) is 2.36. The average molecular weight is 212 g/mol. The lowest BCUT2D eigenvalue weighted by atomic mass is 10.3. The largest absolute Gasteiger partial charge is 0.480 e. The Labute approximate surface area is 86.2 Å². The molecule has 0 aliphatic heterocycles. The molecule has 0 spiro atoms. The second-order valence-corrected chi connectivity index (χ2v) is 4.34. The highest BCUT2D eigenvalue weighted by atomic mass is 32.1. The Morgan fingerprint density at radius 1 is 1.79 bits per heavy atom. The number of hydrogen-bond acceptors (Lipinski definition) is 4. The van der Waals surface area contributed by atoms with Gasteiger partial charge >= 0.3 is 5.97 Å². The zero-order chi connectivity index (χ0) is 10.1. The fourth-order valence-electron chi connectivity index (χ4n) is 1.45. The first kappa shape index (κ1) is 9.45. The zero-order valence-corrected chi connectivity index (χ0v) is 8.70. The summed E-state index contributed by atoms with van der Waals surface area (Å²) in [6.45, 7) is 1.71. The van der Waals surface area contributed by atoms with Gasteiger partial charge in [-0.05, 0) is 19.8 Å². The summed E-state index contributed by atoms with van der Waals surface area (Å²) in [6.07, 6.45) is 3.87. The Morgan fingerprint density at radius 3 is 2.93 bits per heavy atom. The molecule has 4 nitrogen and oxygen atoms in total. The van der Waals surface area contributed by atoms with Crippen molar-refractivity contribution in [2.75, 3.05) is 4.90 Å². The maximum absolute atomic E-state index is 10.9. The molecule has 1 aromatic heterocycles. The highest BCUT2D eigenvalue weighted by molar-refractivity contribution is 7.13. The third kappa shape index (κ3) is 1.72. The number of anilines is 1. The predicted molar refractivity (Wildman–Crippen MR) is 54.7 cm³/mol. The van der Waals surface area contributed by atoms with E-state index in [1.807, 2.05) is 10.3 Å². The van der Waals surface area contributed by atoms with Crippen molar-refractivity contribution in [1.82, 2.24) is 4.98 Å². The van der Waals surface area contributed by atoms with E-state index in [0.29, 0.717) is 6.04 Å². The molecule has 0 bridgehead atoms. The maximum Gasteiger partial charge on any atom is 0.326 e. The van der Waals surface area contributed by atoms with Crippen molar-refractivity contribution in [3.8, 4) is 0 Å². The normalized spacial score (nSPS) is 17.8. The quantitative estimate of drug-likeness (QED) is 0.823. The van der Waals surface area contributed by atoms with Crippen LogP contribution in [0.15, 0.2) is 11.6 Å². The molecule has 0 radical (unpaired) electrons. The minimum absolute atomic E-state index is 0.382. The highest BCUT2D eigenvalue weighted by Gasteiger charge is 2.36. The Balaban J connectivity index is 2.19. The van der Waals surface area contributed by atoms with Gasteiger partial charge in [0.15, 0.2) is 5.13 Å². The van der Waals surface area contributed by atoms with Crippen molar-refractivity contribution in [3.05, 3.63) is 11.6 Å². The summed E-state index contributed by atoms with van der Waals surface area (Å²) in [5, 5.41) is 11.7. The molecule has 5 heteroatoms. The van der Waals surface area contributed by atoms with Gasteiger partial charge in [0.1, 0.15) is 6.04 Å². The second kappa shape index (κ2) is 3.57. The first-order valence-corrected chi connectivity index (χ1v) is 5.48. The molecule has 1 heterocycles. The van der Waals surface area contributed by atoms with Gasteiger partial charge in [-0.1, -0.05) is 0 Å². The number of hydrogen-bond donors (Lipinski definition) is 1. The average Bonchev–Trinajstić information content (AvgIpc) is 2.81. The number of aromatic nitrogens is 1. The summed E-state index contributed by atoms with van der Waals surface area (Å²) in [7, 11) is 0. The number of carboxylic acids is 1. The van der Waals surface area contributed by atoms with E-state index < -0.39 is 12.0 Å². The van der Waals surface area contributed by atoms with Crippen molar-refractivity contribution in [3.63, 3.8) is 0 Å². The van der Waals surface area contributed by atoms with Crippen LogP contribution in [0, 0.1) is 0 Å². The van der Waals surface area contributed by atoms with Crippen LogP contribution in [0.5, 0.6) is 0 Å². The topological polar surface area (TPSA) is 53.4 Å². The van der Waals surface area contributed by atoms with Crippen molar-refractivity contribution in [1.29, 1.82) is 0 Å². The van der Waals surface area contributed by atoms with Gasteiger partial charge in [-0.25, -0.2) is 9.78 Å². The molecule has 14 heavy (non-hydrogen) atoms. The van der Waals surface area contributed by atoms with Gasteiger partial charge in [0.25, 0.3) is 0 Å². The van der Waals surface area contributed by atoms with Crippen LogP contribution in [0.25, 0.3) is 0 Å². The van der Waals surface area contributed by atoms with Gasteiger partial charge in [0.2, 0.25) is 0 Å². The van der Waals surface area contributed by atoms with Crippen LogP contribution in [0.3, 0.4) is 0 Å². The van der Waals surface area contributed by atoms with E-state index in [1.165, 1.54) is 11.3 Å². The molecule has 1 aliphatic rings. The van der Waals surface area contributed by atoms with Gasteiger partial charge < -0.3 is 10.0 Å². The number of carbonyl (C=O) groups is 1. The first-order valence-electron chi connectivity index (χ1n) is 4.61. The molecule has 0 aromatic carbocycles. The van der Waals surface area contributed by atoms with Crippen molar-refractivity contribution in [2.45, 2.75) is 31.8 Å². The molecule has 2 rings (SSSR count). The molecule has 1 atom stereocenters. The van der Waals surface area contributed by atoms with E-state index in [9.17, 15) is 4.79 Å². The van der Waals surface area contributed by atoms with E-state index >= 15 is 0 Å². The molecular formula is C9H12N2O2S. The molecule has 0 saturated heterocycles. The molecule has 1 aromatic rings. The highest BCUT2D eigenvalue weighted by Crippen LogP contribution is 2.34. The van der Waals surface area contributed by atoms with E-state index in [4.69, 9.17) is 5.11 Å². The number of carboxylic acid groups (broad SMARTS) is 1. The molecule has 1 N–H and O–H groups in total. The maximum atomic E-state index is 10.9. The zero-order valence-electron chi connectivity index (χ0n) is 7.88. The number of rotatable bonds is 4. The van der Waals surface area contributed by atoms with Gasteiger partial charge in [0, 0.05) is 17.6 Å². The second-order valence-electron chi connectivity index (χ2n) is 3.47. The minimum Gasteiger partial charge on any atom is -0.480 e. The van der Waals surface area contributed by atoms with Crippen LogP contribution >= 0.6 is 11.3 Å². The van der Waals surface area contributed by atoms with Gasteiger partial charge in [-0.3, -0.25) is 0 Å². The number of aliphatic carboxylic acids is 1. The van der Waals surface area contributed by atoms with Crippen LogP contribution < -0.4 is 4.90 Å². The summed E-state index contributed by atoms with van der Waals surface area (Å²) in [5.41, 5.74) is 0. The van der Waals surface area contributed by atoms with Crippen LogP contribution in [0.2, 0.25) is 0 Å². The van der Waals surface area contributed by atoms with Crippen molar-refractivity contribution in [2.24, 2.45) is 0 Å². The Kier molecular flexibility index (Phi) is 2.41. The molecule has 1 unspecified atom stereocenters. The van der Waals surface area contributed by atoms with Gasteiger partial charge in [0.05, 0.1) is 0 Å². The molecule has 76 valence electrons. The van der Waals surface area contributed by atoms with Gasteiger partial charge in [-0.15, -0.1) is 11.3 Å². The lowest BCUT2D eigenvalue weighted by Crippen LogP contribution is -2.40. The van der Waals surface area contributed by atoms with E-state index in [-0.39, 0.29) is 0 Å². The fourth-order valence-corrected chi connectivity index (χ4v) is 2.25. The SMILES string of the molecule is CC(C(=O)O)N(c1nccs1)C1CC1. The first-order chi connectivity index (χ1) is 6.70. The van der Waals surface area contributed by atoms with Gasteiger partial charge in [-0.2, -0.15) is 0 Å². The monoisotopic (exact) mass is 212 g/mol. The summed E-state index contributed by atoms with van der Waals surface area (Å²) in [4.78, 5) is 17.0. The summed E-state index contributed by atoms with van der Waals surface area (Å²) >= 11 is 1.50. The molecule has 1 aliphatic carbocycles. The van der Waals surface area contributed by atoms with Crippen LogP contribution in [0.4, 0.5) is 5.13 Å². The minimum atomic E-state index is -0.785. The van der Waals surface area contributed by atoms with E-state index in [1.54, 1.807) is 13.1 Å². The standard InChI is InChI=1S/C9H12N2O2S/c1-6(8(12)13)11(7-2-3-7)9-10-4-5-14-9/h4-7H,2-3H2,1H3,(H,12,13). The Morgan fingerprint density at radius 2 is 2.50 bits per heavy atom. The van der Waals surface area contributed by atoms with E-state index in [0.717, 1.165) is 18.0 Å². The van der Waals surface area contributed by atoms with E-state index in [2.05, 4.69) is 4.98 Å². The lowest BCUT2D eigenvalue weighted by Gasteiger charge is -2.25. The molecule has 1 saturated carbocycles. The lowest BCUT2D eigenvalue weighted by molar-refractivity contribution is -0.138. The Bertz CT molecular complexity index is 322. The van der Waals surface area contributed by atoms with Crippen molar-refractivity contribution >= 4 is 22.4 Å². The van der Waals surface area contributed by atoms with Crippen LogP contribution in [-0.2, 0) is 4.79 Å². The summed E-state index contributed by atoms with van der Waals surface area (Å²) in [5.74, 6) is -0.785. The third-order valence-corrected chi connectivity index (χ3v) is 3.14. The fraction of sp³-hybridized carbons (Fsp3) is 0.556. The predicted octanol–water partition coefficient (Wildman–Crippen LogP) is 1.58. The molecule has 1 fully saturated rings. The summed E-state index contributed by atoms with van der Waals surface area (Å²) < 4.78 is 0. The summed E-state index contributed by atoms with van der Waals surface area (Å²) in [6, 6.07) is -0.0964. The Hall–Kier alpha value is -1.10. The number of nitrogens with zero attached hydrogens (tertiary/aromatic N) is 2. The molecular weight excluding hydrogens is 200 g/mol. The molecule has 0 amide bonds.